The molecule has 34 heavy (non-hydrogen) atoms. The van der Waals surface area contributed by atoms with E-state index in [0.29, 0.717) is 0 Å². The molecule has 0 aliphatic carbocycles. The van der Waals surface area contributed by atoms with Crippen molar-refractivity contribution in [3.05, 3.63) is 108 Å². The third-order valence-corrected chi connectivity index (χ3v) is 7.12. The van der Waals surface area contributed by atoms with E-state index in [1.807, 2.05) is 18.3 Å². The lowest BCUT2D eigenvalue weighted by Gasteiger charge is -2.10. The summed E-state index contributed by atoms with van der Waals surface area (Å²) in [5.41, 5.74) is 8.30. The highest BCUT2D eigenvalue weighted by atomic mass is 14.9. The fraction of sp³-hybridized carbons (Fsp3) is 0.0312. The average molecular weight is 435 g/mol. The van der Waals surface area contributed by atoms with Gasteiger partial charge in [-0.05, 0) is 47.7 Å². The molecular formula is C32H22N2. The highest BCUT2D eigenvalue weighted by Crippen LogP contribution is 2.37. The van der Waals surface area contributed by atoms with Gasteiger partial charge >= 0.3 is 0 Å². The molecule has 7 aromatic rings. The van der Waals surface area contributed by atoms with Crippen molar-refractivity contribution in [2.24, 2.45) is 0 Å². The fourth-order valence-corrected chi connectivity index (χ4v) is 5.68. The molecule has 7 rings (SSSR count). The number of nitrogens with zero attached hydrogens (tertiary/aromatic N) is 2. The second-order valence-electron chi connectivity index (χ2n) is 8.80. The maximum atomic E-state index is 4.75. The smallest absolute Gasteiger partial charge is 0.0786 e. The van der Waals surface area contributed by atoms with E-state index < -0.39 is 0 Å². The molecule has 0 fully saturated rings. The van der Waals surface area contributed by atoms with Crippen LogP contribution in [0.25, 0.3) is 72.3 Å². The van der Waals surface area contributed by atoms with Gasteiger partial charge in [-0.1, -0.05) is 79.4 Å². The standard InChI is InChI=1S/C32H22N2/c1-3-23-26-11-5-6-13-28(26)34-29-17-16-22(19-27(29)24(4-2)32(23)34)25-12-7-9-20-14-15-21-10-8-18-33-31(21)30(20)25/h3-19H,2H2,1H3/b23-3-. The first-order valence-corrected chi connectivity index (χ1v) is 11.6. The van der Waals surface area contributed by atoms with E-state index in [2.05, 4.69) is 103 Å². The molecule has 2 nitrogen and oxygen atoms in total. The lowest BCUT2D eigenvalue weighted by Crippen LogP contribution is -1.97. The topological polar surface area (TPSA) is 17.3 Å². The van der Waals surface area contributed by atoms with Crippen LogP contribution in [0, 0.1) is 0 Å². The van der Waals surface area contributed by atoms with Crippen molar-refractivity contribution in [3.63, 3.8) is 0 Å². The van der Waals surface area contributed by atoms with E-state index in [-0.39, 0.29) is 0 Å². The van der Waals surface area contributed by atoms with E-state index in [0.717, 1.165) is 10.9 Å². The molecule has 0 aliphatic heterocycles. The second kappa shape index (κ2) is 7.03. The van der Waals surface area contributed by atoms with Crippen molar-refractivity contribution in [2.45, 2.75) is 6.92 Å². The quantitative estimate of drug-likeness (QED) is 0.254. The summed E-state index contributed by atoms with van der Waals surface area (Å²) in [6, 6.07) is 30.5. The summed E-state index contributed by atoms with van der Waals surface area (Å²) in [5, 5.41) is 7.34. The zero-order valence-electron chi connectivity index (χ0n) is 18.9. The predicted octanol–water partition coefficient (Wildman–Crippen LogP) is 7.78. The summed E-state index contributed by atoms with van der Waals surface area (Å²) in [5.74, 6) is 0. The number of aromatic nitrogens is 2. The highest BCUT2D eigenvalue weighted by Gasteiger charge is 2.17. The van der Waals surface area contributed by atoms with E-state index in [1.165, 1.54) is 60.0 Å². The number of hydrogen-bond donors (Lipinski definition) is 0. The summed E-state index contributed by atoms with van der Waals surface area (Å²) < 4.78 is 2.39. The van der Waals surface area contributed by atoms with Gasteiger partial charge in [-0.25, -0.2) is 0 Å². The van der Waals surface area contributed by atoms with Gasteiger partial charge < -0.3 is 4.40 Å². The molecule has 0 saturated heterocycles. The highest BCUT2D eigenvalue weighted by molar-refractivity contribution is 6.14. The minimum absolute atomic E-state index is 1.05. The molecule has 0 unspecified atom stereocenters. The van der Waals surface area contributed by atoms with Gasteiger partial charge in [-0.3, -0.25) is 4.98 Å². The second-order valence-corrected chi connectivity index (χ2v) is 8.80. The van der Waals surface area contributed by atoms with Crippen LogP contribution in [-0.2, 0) is 0 Å². The van der Waals surface area contributed by atoms with Crippen molar-refractivity contribution >= 4 is 61.1 Å². The minimum atomic E-state index is 1.05. The zero-order chi connectivity index (χ0) is 22.8. The maximum Gasteiger partial charge on any atom is 0.0786 e. The third kappa shape index (κ3) is 2.43. The number of pyridine rings is 1. The Hall–Kier alpha value is -4.43. The Morgan fingerprint density at radius 3 is 2.50 bits per heavy atom. The van der Waals surface area contributed by atoms with Gasteiger partial charge in [-0.15, -0.1) is 0 Å². The molecule has 3 heterocycles. The molecule has 0 amide bonds. The van der Waals surface area contributed by atoms with Crippen LogP contribution in [0.15, 0.2) is 97.7 Å². The molecular weight excluding hydrogens is 412 g/mol. The molecule has 2 heteroatoms. The van der Waals surface area contributed by atoms with Crippen LogP contribution in [0.1, 0.15) is 12.5 Å². The molecule has 0 spiro atoms. The van der Waals surface area contributed by atoms with Crippen LogP contribution < -0.4 is 5.22 Å². The largest absolute Gasteiger partial charge is 0.308 e. The summed E-state index contributed by atoms with van der Waals surface area (Å²) in [6.45, 7) is 6.32. The Kier molecular flexibility index (Phi) is 3.95. The molecule has 0 N–H and O–H groups in total. The molecule has 0 atom stereocenters. The Balaban J connectivity index is 1.62. The minimum Gasteiger partial charge on any atom is -0.308 e. The molecule has 0 aliphatic rings. The zero-order valence-corrected chi connectivity index (χ0v) is 18.9. The first kappa shape index (κ1) is 19.1. The van der Waals surface area contributed by atoms with Crippen molar-refractivity contribution in [1.29, 1.82) is 0 Å². The monoisotopic (exact) mass is 434 g/mol. The van der Waals surface area contributed by atoms with Crippen molar-refractivity contribution in [1.82, 2.24) is 9.38 Å². The summed E-state index contributed by atoms with van der Waals surface area (Å²) >= 11 is 0. The van der Waals surface area contributed by atoms with E-state index >= 15 is 0 Å². The lowest BCUT2D eigenvalue weighted by atomic mass is 9.95. The lowest BCUT2D eigenvalue weighted by molar-refractivity contribution is 1.36. The molecule has 4 aromatic carbocycles. The SMILES string of the molecule is C=Cc1c2cc(-c3cccc4ccc5cccnc5c34)ccc2n2c1/c(=C\C)c1ccccc12. The van der Waals surface area contributed by atoms with Crippen LogP contribution in [-0.4, -0.2) is 9.38 Å². The van der Waals surface area contributed by atoms with Gasteiger partial charge in [0.25, 0.3) is 0 Å². The van der Waals surface area contributed by atoms with Gasteiger partial charge in [0.2, 0.25) is 0 Å². The van der Waals surface area contributed by atoms with Crippen LogP contribution in [0.3, 0.4) is 0 Å². The molecule has 0 radical (unpaired) electrons. The fourth-order valence-electron chi connectivity index (χ4n) is 5.68. The van der Waals surface area contributed by atoms with Crippen LogP contribution in [0.2, 0.25) is 0 Å². The van der Waals surface area contributed by atoms with Crippen LogP contribution in [0.4, 0.5) is 0 Å². The summed E-state index contributed by atoms with van der Waals surface area (Å²) in [7, 11) is 0. The number of hydrogen-bond acceptors (Lipinski definition) is 1. The predicted molar refractivity (Wildman–Crippen MR) is 146 cm³/mol. The van der Waals surface area contributed by atoms with Crippen molar-refractivity contribution in [3.8, 4) is 11.1 Å². The molecule has 0 saturated carbocycles. The first-order chi connectivity index (χ1) is 16.8. The normalized spacial score (nSPS) is 12.6. The Morgan fingerprint density at radius 2 is 1.62 bits per heavy atom. The Bertz CT molecular complexity index is 1990. The van der Waals surface area contributed by atoms with Crippen LogP contribution in [0.5, 0.6) is 0 Å². The number of fused-ring (bicyclic) bond motifs is 8. The molecule has 160 valence electrons. The number of rotatable bonds is 2. The molecule has 0 bridgehead atoms. The van der Waals surface area contributed by atoms with Crippen molar-refractivity contribution in [2.75, 3.05) is 0 Å². The number of para-hydroxylation sites is 1. The van der Waals surface area contributed by atoms with Gasteiger partial charge in [0.05, 0.1) is 22.1 Å². The van der Waals surface area contributed by atoms with Crippen LogP contribution >= 0.6 is 0 Å². The van der Waals surface area contributed by atoms with E-state index in [4.69, 9.17) is 4.98 Å². The first-order valence-electron chi connectivity index (χ1n) is 11.6. The maximum absolute atomic E-state index is 4.75. The molecule has 3 aromatic heterocycles. The van der Waals surface area contributed by atoms with Gasteiger partial charge in [0, 0.05) is 38.5 Å². The summed E-state index contributed by atoms with van der Waals surface area (Å²) in [4.78, 5) is 4.75. The van der Waals surface area contributed by atoms with E-state index in [9.17, 15) is 0 Å². The van der Waals surface area contributed by atoms with Gasteiger partial charge in [-0.2, -0.15) is 0 Å². The number of benzene rings is 4. The van der Waals surface area contributed by atoms with E-state index in [1.54, 1.807) is 0 Å². The van der Waals surface area contributed by atoms with Gasteiger partial charge in [0.1, 0.15) is 0 Å². The van der Waals surface area contributed by atoms with Crippen molar-refractivity contribution < 1.29 is 0 Å². The Labute approximate surface area is 197 Å². The Morgan fingerprint density at radius 1 is 0.794 bits per heavy atom. The summed E-state index contributed by atoms with van der Waals surface area (Å²) in [6.07, 6.45) is 6.10. The van der Waals surface area contributed by atoms with Gasteiger partial charge in [0.15, 0.2) is 0 Å². The average Bonchev–Trinajstić information content (AvgIpc) is 3.39. The third-order valence-electron chi connectivity index (χ3n) is 7.12.